The number of nitrogen functional groups attached to an aromatic ring is 1. The lowest BCUT2D eigenvalue weighted by atomic mass is 10.3. The van der Waals surface area contributed by atoms with E-state index in [4.69, 9.17) is 5.73 Å². The molecular formula is C8H7N3O2S. The van der Waals surface area contributed by atoms with E-state index in [0.717, 1.165) is 0 Å². The summed E-state index contributed by atoms with van der Waals surface area (Å²) in [6, 6.07) is 6.39. The summed E-state index contributed by atoms with van der Waals surface area (Å²) in [5, 5.41) is 22.9. The predicted molar refractivity (Wildman–Crippen MR) is 53.5 cm³/mol. The zero-order valence-electron chi connectivity index (χ0n) is 7.04. The first-order valence-corrected chi connectivity index (χ1v) is 4.30. The van der Waals surface area contributed by atoms with Crippen molar-refractivity contribution in [2.24, 2.45) is 0 Å². The Morgan fingerprint density at radius 3 is 2.14 bits per heavy atom. The number of nitrogens with two attached hydrogens (primary N) is 1. The summed E-state index contributed by atoms with van der Waals surface area (Å²) in [6.07, 6.45) is 0. The first-order chi connectivity index (χ1) is 6.63. The van der Waals surface area contributed by atoms with Crippen LogP contribution >= 0.6 is 12.6 Å². The zero-order chi connectivity index (χ0) is 10.3. The number of para-hydroxylation sites is 2. The van der Waals surface area contributed by atoms with Crippen molar-refractivity contribution in [3.8, 4) is 0 Å². The van der Waals surface area contributed by atoms with Crippen molar-refractivity contribution in [3.05, 3.63) is 34.7 Å². The highest BCUT2D eigenvalue weighted by molar-refractivity contribution is 7.80. The van der Waals surface area contributed by atoms with Gasteiger partial charge in [-0.3, -0.25) is 5.73 Å². The third-order valence-corrected chi connectivity index (χ3v) is 2.37. The molecule has 2 N–H and O–H groups in total. The van der Waals surface area contributed by atoms with Crippen LogP contribution in [0.25, 0.3) is 11.0 Å². The lowest BCUT2D eigenvalue weighted by Gasteiger charge is -2.10. The molecule has 0 saturated heterocycles. The number of rotatable bonds is 0. The van der Waals surface area contributed by atoms with Gasteiger partial charge in [-0.05, 0) is 6.07 Å². The lowest BCUT2D eigenvalue weighted by Crippen LogP contribution is -2.42. The maximum atomic E-state index is 11.5. The molecule has 0 atom stereocenters. The molecule has 0 fully saturated rings. The van der Waals surface area contributed by atoms with Crippen molar-refractivity contribution in [3.63, 3.8) is 0 Å². The Balaban J connectivity index is 3.02. The molecule has 1 heterocycles. The van der Waals surface area contributed by atoms with E-state index in [-0.39, 0.29) is 21.9 Å². The average molecular weight is 209 g/mol. The first kappa shape index (κ1) is 8.89. The molecule has 0 amide bonds. The molecule has 0 radical (unpaired) electrons. The molecule has 5 nitrogen and oxygen atoms in total. The van der Waals surface area contributed by atoms with Gasteiger partial charge in [0.15, 0.2) is 0 Å². The second-order valence-electron chi connectivity index (χ2n) is 2.79. The maximum absolute atomic E-state index is 11.5. The third-order valence-electron chi connectivity index (χ3n) is 1.96. The number of anilines is 1. The molecule has 0 bridgehead atoms. The third kappa shape index (κ3) is 1.04. The summed E-state index contributed by atoms with van der Waals surface area (Å²) >= 11 is 3.86. The van der Waals surface area contributed by atoms with Gasteiger partial charge in [0, 0.05) is 6.07 Å². The SMILES string of the molecule is Nc1c(S)[n+]([O-])c2ccccc2[n+]1[O-]. The molecular weight excluding hydrogens is 202 g/mol. The Hall–Kier alpha value is -1.69. The fourth-order valence-corrected chi connectivity index (χ4v) is 1.44. The van der Waals surface area contributed by atoms with Crippen LogP contribution in [0.15, 0.2) is 29.3 Å². The summed E-state index contributed by atoms with van der Waals surface area (Å²) in [5.41, 5.74) is 5.89. The average Bonchev–Trinajstić information content (AvgIpc) is 2.23. The van der Waals surface area contributed by atoms with Crippen molar-refractivity contribution in [1.82, 2.24) is 0 Å². The number of hydrogen-bond acceptors (Lipinski definition) is 4. The molecule has 2 aromatic rings. The van der Waals surface area contributed by atoms with Crippen molar-refractivity contribution in [2.45, 2.75) is 5.03 Å². The van der Waals surface area contributed by atoms with Crippen LogP contribution in [0, 0.1) is 10.4 Å². The lowest BCUT2D eigenvalue weighted by molar-refractivity contribution is -0.650. The molecule has 0 aliphatic carbocycles. The van der Waals surface area contributed by atoms with Gasteiger partial charge in [0.1, 0.15) is 0 Å². The van der Waals surface area contributed by atoms with Crippen LogP contribution in [0.1, 0.15) is 0 Å². The van der Waals surface area contributed by atoms with E-state index >= 15 is 0 Å². The standard InChI is InChI=1S/C8H7N3O2S/c9-7-8(14)11(13)6-4-2-1-3-5(6)10(7)12/h1-4,14H,9H2. The largest absolute Gasteiger partial charge is 0.710 e. The molecule has 0 spiro atoms. The zero-order valence-corrected chi connectivity index (χ0v) is 7.94. The Kier molecular flexibility index (Phi) is 1.85. The van der Waals surface area contributed by atoms with E-state index in [1.807, 2.05) is 0 Å². The van der Waals surface area contributed by atoms with E-state index in [9.17, 15) is 10.4 Å². The Morgan fingerprint density at radius 1 is 1.07 bits per heavy atom. The molecule has 6 heteroatoms. The van der Waals surface area contributed by atoms with Gasteiger partial charge in [0.25, 0.3) is 5.52 Å². The molecule has 14 heavy (non-hydrogen) atoms. The van der Waals surface area contributed by atoms with Gasteiger partial charge in [0.05, 0.1) is 0 Å². The summed E-state index contributed by atoms with van der Waals surface area (Å²) in [7, 11) is 0. The van der Waals surface area contributed by atoms with Gasteiger partial charge in [-0.15, -0.1) is 4.73 Å². The van der Waals surface area contributed by atoms with Gasteiger partial charge in [0.2, 0.25) is 5.52 Å². The van der Waals surface area contributed by atoms with Crippen LogP contribution in [-0.4, -0.2) is 0 Å². The van der Waals surface area contributed by atoms with E-state index in [1.54, 1.807) is 12.1 Å². The summed E-state index contributed by atoms with van der Waals surface area (Å²) in [4.78, 5) is 0. The van der Waals surface area contributed by atoms with Gasteiger partial charge in [-0.25, -0.2) is 4.73 Å². The minimum absolute atomic E-state index is 0.0845. The van der Waals surface area contributed by atoms with Gasteiger partial charge in [-0.2, -0.15) is 0 Å². The summed E-state index contributed by atoms with van der Waals surface area (Å²) in [6.45, 7) is 0. The van der Waals surface area contributed by atoms with Crippen LogP contribution in [0.4, 0.5) is 5.82 Å². The van der Waals surface area contributed by atoms with E-state index < -0.39 is 0 Å². The highest BCUT2D eigenvalue weighted by Crippen LogP contribution is 2.12. The van der Waals surface area contributed by atoms with Gasteiger partial charge >= 0.3 is 10.8 Å². The van der Waals surface area contributed by atoms with Crippen molar-refractivity contribution < 1.29 is 9.46 Å². The molecule has 0 unspecified atom stereocenters. The molecule has 2 rings (SSSR count). The second kappa shape index (κ2) is 2.91. The van der Waals surface area contributed by atoms with Crippen LogP contribution in [0.3, 0.4) is 0 Å². The first-order valence-electron chi connectivity index (χ1n) is 3.85. The number of aromatic nitrogens is 2. The Morgan fingerprint density at radius 2 is 1.57 bits per heavy atom. The van der Waals surface area contributed by atoms with Gasteiger partial charge < -0.3 is 10.4 Å². The normalized spacial score (nSPS) is 10.6. The van der Waals surface area contributed by atoms with Crippen LogP contribution in [-0.2, 0) is 0 Å². The smallest absolute Gasteiger partial charge is 0.357 e. The quantitative estimate of drug-likeness (QED) is 0.363. The molecule has 1 aromatic heterocycles. The Labute approximate surface area is 85.0 Å². The van der Waals surface area contributed by atoms with E-state index in [2.05, 4.69) is 12.6 Å². The molecule has 0 saturated carbocycles. The fourth-order valence-electron chi connectivity index (χ4n) is 1.25. The molecule has 72 valence electrons. The molecule has 1 aromatic carbocycles. The minimum atomic E-state index is -0.193. The highest BCUT2D eigenvalue weighted by atomic mass is 32.1. The van der Waals surface area contributed by atoms with Crippen LogP contribution in [0.2, 0.25) is 0 Å². The highest BCUT2D eigenvalue weighted by Gasteiger charge is 2.19. The van der Waals surface area contributed by atoms with Crippen LogP contribution < -0.4 is 15.2 Å². The Bertz CT molecular complexity index is 469. The maximum Gasteiger partial charge on any atom is 0.357 e. The fraction of sp³-hybridized carbons (Fsp3) is 0. The summed E-state index contributed by atoms with van der Waals surface area (Å²) in [5.74, 6) is -0.193. The van der Waals surface area contributed by atoms with E-state index in [0.29, 0.717) is 9.46 Å². The molecule has 0 aliphatic heterocycles. The number of nitrogens with zero attached hydrogens (tertiary/aromatic N) is 2. The minimum Gasteiger partial charge on any atom is -0.710 e. The number of fused-ring (bicyclic) bond motifs is 1. The topological polar surface area (TPSA) is 79.9 Å². The van der Waals surface area contributed by atoms with Crippen molar-refractivity contribution in [2.75, 3.05) is 5.73 Å². The predicted octanol–water partition coefficient (Wildman–Crippen LogP) is -0.0225. The van der Waals surface area contributed by atoms with Crippen molar-refractivity contribution in [1.29, 1.82) is 0 Å². The number of benzene rings is 1. The number of thiol groups is 1. The van der Waals surface area contributed by atoms with Gasteiger partial charge in [-0.1, -0.05) is 24.8 Å². The summed E-state index contributed by atoms with van der Waals surface area (Å²) < 4.78 is 1.02. The second-order valence-corrected chi connectivity index (χ2v) is 3.21. The van der Waals surface area contributed by atoms with Crippen molar-refractivity contribution >= 4 is 29.5 Å². The van der Waals surface area contributed by atoms with Crippen LogP contribution in [0.5, 0.6) is 0 Å². The molecule has 0 aliphatic rings. The van der Waals surface area contributed by atoms with E-state index in [1.165, 1.54) is 12.1 Å². The monoisotopic (exact) mass is 209 g/mol. The number of hydrogen-bond donors (Lipinski definition) is 2.